The summed E-state index contributed by atoms with van der Waals surface area (Å²) in [4.78, 5) is 17.8. The Balaban J connectivity index is 1.53. The highest BCUT2D eigenvalue weighted by atomic mass is 19.4. The molecule has 12 heteroatoms. The van der Waals surface area contributed by atoms with E-state index in [0.29, 0.717) is 17.0 Å². The van der Waals surface area contributed by atoms with Gasteiger partial charge in [0.15, 0.2) is 0 Å². The Labute approximate surface area is 173 Å². The second kappa shape index (κ2) is 7.75. The number of alkyl halides is 3. The summed E-state index contributed by atoms with van der Waals surface area (Å²) in [5.41, 5.74) is -1.24. The van der Waals surface area contributed by atoms with Crippen LogP contribution in [0.1, 0.15) is 30.1 Å². The predicted molar refractivity (Wildman–Crippen MR) is 96.0 cm³/mol. The standard InChI is InChI=1S/C19H17F4N5O3/c1-11-14(26-31-25-11)10-15(29)28-8-6-18(7-9-28,19(21,22)23)17-24-16(27-30-17)12-2-4-13(20)5-3-12/h2-5H,6-10H2,1H3. The maximum atomic E-state index is 14.1. The van der Waals surface area contributed by atoms with E-state index in [-0.39, 0.29) is 31.2 Å². The van der Waals surface area contributed by atoms with Gasteiger partial charge in [-0.25, -0.2) is 9.02 Å². The predicted octanol–water partition coefficient (Wildman–Crippen LogP) is 3.23. The lowest BCUT2D eigenvalue weighted by atomic mass is 9.77. The monoisotopic (exact) mass is 439 g/mol. The lowest BCUT2D eigenvalue weighted by Crippen LogP contribution is -2.52. The summed E-state index contributed by atoms with van der Waals surface area (Å²) in [7, 11) is 0. The molecule has 1 amide bonds. The molecule has 3 heterocycles. The average molecular weight is 439 g/mol. The van der Waals surface area contributed by atoms with Crippen LogP contribution in [0.3, 0.4) is 0 Å². The van der Waals surface area contributed by atoms with Crippen LogP contribution in [-0.2, 0) is 16.6 Å². The number of benzene rings is 1. The fraction of sp³-hybridized carbons (Fsp3) is 0.421. The first-order valence-corrected chi connectivity index (χ1v) is 9.42. The number of aryl methyl sites for hydroxylation is 1. The number of piperidine rings is 1. The van der Waals surface area contributed by atoms with E-state index in [2.05, 4.69) is 25.1 Å². The molecule has 0 aliphatic carbocycles. The van der Waals surface area contributed by atoms with Gasteiger partial charge in [0, 0.05) is 18.7 Å². The largest absolute Gasteiger partial charge is 0.403 e. The minimum Gasteiger partial charge on any atom is -0.342 e. The molecule has 2 aromatic heterocycles. The first-order valence-electron chi connectivity index (χ1n) is 9.42. The van der Waals surface area contributed by atoms with Crippen LogP contribution >= 0.6 is 0 Å². The van der Waals surface area contributed by atoms with Gasteiger partial charge in [0.25, 0.3) is 0 Å². The van der Waals surface area contributed by atoms with Crippen LogP contribution in [0.4, 0.5) is 17.6 Å². The highest BCUT2D eigenvalue weighted by Crippen LogP contribution is 2.48. The molecule has 3 aromatic rings. The van der Waals surface area contributed by atoms with Crippen molar-refractivity contribution in [1.29, 1.82) is 0 Å². The van der Waals surface area contributed by atoms with Crippen LogP contribution in [0.15, 0.2) is 33.4 Å². The lowest BCUT2D eigenvalue weighted by Gasteiger charge is -2.40. The minimum atomic E-state index is -4.67. The molecular formula is C19H17F4N5O3. The van der Waals surface area contributed by atoms with Crippen LogP contribution in [0.5, 0.6) is 0 Å². The zero-order chi connectivity index (χ0) is 22.2. The van der Waals surface area contributed by atoms with Gasteiger partial charge in [-0.1, -0.05) is 15.5 Å². The Hall–Kier alpha value is -3.31. The number of aromatic nitrogens is 4. The van der Waals surface area contributed by atoms with E-state index in [1.165, 1.54) is 17.0 Å². The molecule has 31 heavy (non-hydrogen) atoms. The summed E-state index contributed by atoms with van der Waals surface area (Å²) in [6.07, 6.45) is -5.63. The van der Waals surface area contributed by atoms with Crippen molar-refractivity contribution in [3.05, 3.63) is 47.4 Å². The molecular weight excluding hydrogens is 422 g/mol. The summed E-state index contributed by atoms with van der Waals surface area (Å²) < 4.78 is 65.0. The van der Waals surface area contributed by atoms with Crippen LogP contribution in [0, 0.1) is 12.7 Å². The van der Waals surface area contributed by atoms with Crippen molar-refractivity contribution < 1.29 is 31.5 Å². The van der Waals surface area contributed by atoms with Gasteiger partial charge in [0.1, 0.15) is 22.6 Å². The molecule has 0 saturated carbocycles. The SMILES string of the molecule is Cc1nonc1CC(=O)N1CCC(c2nc(-c3ccc(F)cc3)no2)(C(F)(F)F)CC1. The Bertz CT molecular complexity index is 1070. The highest BCUT2D eigenvalue weighted by Gasteiger charge is 2.60. The number of amides is 1. The number of hydrogen-bond acceptors (Lipinski definition) is 7. The fourth-order valence-corrected chi connectivity index (χ4v) is 3.56. The summed E-state index contributed by atoms with van der Waals surface area (Å²) >= 11 is 0. The molecule has 1 aromatic carbocycles. The first-order chi connectivity index (χ1) is 14.7. The molecule has 0 unspecified atom stereocenters. The van der Waals surface area contributed by atoms with Crippen molar-refractivity contribution in [3.63, 3.8) is 0 Å². The number of halogens is 4. The molecule has 8 nitrogen and oxygen atoms in total. The van der Waals surface area contributed by atoms with E-state index in [1.807, 2.05) is 0 Å². The van der Waals surface area contributed by atoms with Gasteiger partial charge in [0.2, 0.25) is 17.6 Å². The molecule has 4 rings (SSSR count). The van der Waals surface area contributed by atoms with Crippen molar-refractivity contribution in [3.8, 4) is 11.4 Å². The van der Waals surface area contributed by atoms with Gasteiger partial charge in [0.05, 0.1) is 6.42 Å². The van der Waals surface area contributed by atoms with E-state index >= 15 is 0 Å². The van der Waals surface area contributed by atoms with Gasteiger partial charge in [-0.15, -0.1) is 0 Å². The van der Waals surface area contributed by atoms with E-state index in [4.69, 9.17) is 4.52 Å². The Morgan fingerprint density at radius 3 is 2.39 bits per heavy atom. The van der Waals surface area contributed by atoms with Gasteiger partial charge < -0.3 is 9.42 Å². The van der Waals surface area contributed by atoms with E-state index < -0.39 is 36.1 Å². The second-order valence-electron chi connectivity index (χ2n) is 7.36. The summed E-state index contributed by atoms with van der Waals surface area (Å²) in [5.74, 6) is -1.49. The third kappa shape index (κ3) is 3.89. The Morgan fingerprint density at radius 1 is 1.13 bits per heavy atom. The van der Waals surface area contributed by atoms with Crippen molar-refractivity contribution >= 4 is 5.91 Å². The number of carbonyl (C=O) groups excluding carboxylic acids is 1. The number of carbonyl (C=O) groups is 1. The van der Waals surface area contributed by atoms with Crippen LogP contribution in [0.25, 0.3) is 11.4 Å². The second-order valence-corrected chi connectivity index (χ2v) is 7.36. The molecule has 1 aliphatic heterocycles. The molecule has 0 N–H and O–H groups in total. The van der Waals surface area contributed by atoms with Gasteiger partial charge in [-0.3, -0.25) is 4.79 Å². The highest BCUT2D eigenvalue weighted by molar-refractivity contribution is 5.78. The first kappa shape index (κ1) is 20.9. The zero-order valence-corrected chi connectivity index (χ0v) is 16.3. The molecule has 0 atom stereocenters. The maximum absolute atomic E-state index is 14.1. The lowest BCUT2D eigenvalue weighted by molar-refractivity contribution is -0.210. The van der Waals surface area contributed by atoms with Gasteiger partial charge in [-0.2, -0.15) is 18.2 Å². The van der Waals surface area contributed by atoms with Crippen LogP contribution in [-0.4, -0.2) is 50.5 Å². The summed E-state index contributed by atoms with van der Waals surface area (Å²) in [6, 6.07) is 5.01. The molecule has 0 bridgehead atoms. The third-order valence-corrected chi connectivity index (χ3v) is 5.52. The van der Waals surface area contributed by atoms with E-state index in [1.54, 1.807) is 6.92 Å². The van der Waals surface area contributed by atoms with Crippen molar-refractivity contribution in [2.45, 2.75) is 37.8 Å². The summed E-state index contributed by atoms with van der Waals surface area (Å²) in [5, 5.41) is 10.9. The van der Waals surface area contributed by atoms with Crippen molar-refractivity contribution in [1.82, 2.24) is 25.4 Å². The van der Waals surface area contributed by atoms with Crippen molar-refractivity contribution in [2.24, 2.45) is 0 Å². The van der Waals surface area contributed by atoms with Gasteiger partial charge in [-0.05, 0) is 44.0 Å². The maximum Gasteiger partial charge on any atom is 0.403 e. The average Bonchev–Trinajstić information content (AvgIpc) is 3.38. The molecule has 1 fully saturated rings. The van der Waals surface area contributed by atoms with Gasteiger partial charge >= 0.3 is 6.18 Å². The normalized spacial score (nSPS) is 16.5. The topological polar surface area (TPSA) is 98.2 Å². The van der Waals surface area contributed by atoms with E-state index in [0.717, 1.165) is 12.1 Å². The number of hydrogen-bond donors (Lipinski definition) is 0. The molecule has 0 spiro atoms. The zero-order valence-electron chi connectivity index (χ0n) is 16.3. The summed E-state index contributed by atoms with van der Waals surface area (Å²) in [6.45, 7) is 1.34. The Kier molecular flexibility index (Phi) is 5.23. The minimum absolute atomic E-state index is 0.0638. The number of nitrogens with zero attached hydrogens (tertiary/aromatic N) is 5. The third-order valence-electron chi connectivity index (χ3n) is 5.52. The van der Waals surface area contributed by atoms with Crippen LogP contribution in [0.2, 0.25) is 0 Å². The van der Waals surface area contributed by atoms with Crippen molar-refractivity contribution in [2.75, 3.05) is 13.1 Å². The molecule has 164 valence electrons. The van der Waals surface area contributed by atoms with E-state index in [9.17, 15) is 22.4 Å². The quantitative estimate of drug-likeness (QED) is 0.576. The van der Waals surface area contributed by atoms with Crippen LogP contribution < -0.4 is 0 Å². The number of rotatable bonds is 4. The molecule has 0 radical (unpaired) electrons. The Morgan fingerprint density at radius 2 is 1.81 bits per heavy atom. The molecule has 1 aliphatic rings. The number of likely N-dealkylation sites (tertiary alicyclic amines) is 1. The smallest absolute Gasteiger partial charge is 0.342 e. The molecule has 1 saturated heterocycles. The fourth-order valence-electron chi connectivity index (χ4n) is 3.56.